The molecule has 128 valence electrons. The molecule has 7 nitrogen and oxygen atoms in total. The van der Waals surface area contributed by atoms with Gasteiger partial charge in [0.05, 0.1) is 20.4 Å². The zero-order chi connectivity index (χ0) is 17.5. The maximum Gasteiger partial charge on any atom is 0.244 e. The molecule has 0 atom stereocenters. The predicted molar refractivity (Wildman–Crippen MR) is 96.4 cm³/mol. The van der Waals surface area contributed by atoms with Crippen molar-refractivity contribution >= 4 is 17.5 Å². The van der Waals surface area contributed by atoms with E-state index >= 15 is 0 Å². The molecule has 25 heavy (non-hydrogen) atoms. The van der Waals surface area contributed by atoms with Crippen molar-refractivity contribution in [2.45, 2.75) is 6.54 Å². The minimum absolute atomic E-state index is 0.440. The Morgan fingerprint density at radius 2 is 1.76 bits per heavy atom. The molecule has 0 aliphatic rings. The van der Waals surface area contributed by atoms with Gasteiger partial charge in [-0.15, -0.1) is 5.10 Å². The van der Waals surface area contributed by atoms with Crippen LogP contribution in [0.3, 0.4) is 0 Å². The number of methoxy groups -OCH3 is 2. The van der Waals surface area contributed by atoms with E-state index in [4.69, 9.17) is 9.47 Å². The van der Waals surface area contributed by atoms with Gasteiger partial charge in [0.2, 0.25) is 5.95 Å². The Bertz CT molecular complexity index is 827. The van der Waals surface area contributed by atoms with Crippen molar-refractivity contribution in [3.8, 4) is 11.5 Å². The van der Waals surface area contributed by atoms with Gasteiger partial charge in [-0.05, 0) is 29.8 Å². The minimum Gasteiger partial charge on any atom is -0.493 e. The molecular formula is C18H19N5O2. The van der Waals surface area contributed by atoms with Crippen molar-refractivity contribution in [2.75, 3.05) is 24.9 Å². The predicted octanol–water partition coefficient (Wildman–Crippen LogP) is 3.24. The van der Waals surface area contributed by atoms with Crippen LogP contribution in [-0.4, -0.2) is 29.4 Å². The van der Waals surface area contributed by atoms with Gasteiger partial charge < -0.3 is 20.1 Å². The Morgan fingerprint density at radius 3 is 2.52 bits per heavy atom. The van der Waals surface area contributed by atoms with Gasteiger partial charge in [0, 0.05) is 12.2 Å². The molecule has 0 aliphatic carbocycles. The summed E-state index contributed by atoms with van der Waals surface area (Å²) in [5.41, 5.74) is 1.96. The molecule has 2 aromatic carbocycles. The number of hydrogen-bond donors (Lipinski definition) is 2. The van der Waals surface area contributed by atoms with Crippen LogP contribution in [0, 0.1) is 0 Å². The maximum atomic E-state index is 5.31. The second-order valence-electron chi connectivity index (χ2n) is 5.20. The summed E-state index contributed by atoms with van der Waals surface area (Å²) in [7, 11) is 3.22. The number of anilines is 3. The van der Waals surface area contributed by atoms with E-state index < -0.39 is 0 Å². The zero-order valence-corrected chi connectivity index (χ0v) is 14.1. The van der Waals surface area contributed by atoms with Gasteiger partial charge in [0.1, 0.15) is 0 Å². The van der Waals surface area contributed by atoms with Crippen molar-refractivity contribution in [1.29, 1.82) is 0 Å². The number of nitrogens with zero attached hydrogens (tertiary/aromatic N) is 3. The van der Waals surface area contributed by atoms with Crippen LogP contribution in [0.15, 0.2) is 54.7 Å². The van der Waals surface area contributed by atoms with Crippen LogP contribution < -0.4 is 20.1 Å². The first-order chi connectivity index (χ1) is 12.3. The Balaban J connectivity index is 1.66. The molecule has 0 unspecified atom stereocenters. The van der Waals surface area contributed by atoms with Gasteiger partial charge in [0.25, 0.3) is 0 Å². The summed E-state index contributed by atoms with van der Waals surface area (Å²) in [4.78, 5) is 4.41. The first-order valence-electron chi connectivity index (χ1n) is 7.75. The van der Waals surface area contributed by atoms with Crippen LogP contribution in [-0.2, 0) is 6.54 Å². The fraction of sp³-hybridized carbons (Fsp3) is 0.167. The molecule has 3 aromatic rings. The van der Waals surface area contributed by atoms with Crippen molar-refractivity contribution in [1.82, 2.24) is 15.2 Å². The van der Waals surface area contributed by atoms with E-state index in [2.05, 4.69) is 25.8 Å². The number of ether oxygens (including phenoxy) is 2. The summed E-state index contributed by atoms with van der Waals surface area (Å²) >= 11 is 0. The van der Waals surface area contributed by atoms with E-state index in [1.807, 2.05) is 48.5 Å². The van der Waals surface area contributed by atoms with Gasteiger partial charge in [-0.2, -0.15) is 10.1 Å². The number of benzene rings is 2. The summed E-state index contributed by atoms with van der Waals surface area (Å²) in [6.45, 7) is 0.539. The van der Waals surface area contributed by atoms with Crippen LogP contribution in [0.4, 0.5) is 17.5 Å². The lowest BCUT2D eigenvalue weighted by Crippen LogP contribution is -2.06. The number of para-hydroxylation sites is 1. The van der Waals surface area contributed by atoms with Crippen LogP contribution in [0.1, 0.15) is 5.56 Å². The highest BCUT2D eigenvalue weighted by atomic mass is 16.5. The SMILES string of the molecule is COc1ccc(CNc2nncc(Nc3ccccc3)n2)cc1OC. The fourth-order valence-electron chi connectivity index (χ4n) is 2.28. The third-order valence-electron chi connectivity index (χ3n) is 3.50. The monoisotopic (exact) mass is 337 g/mol. The average molecular weight is 337 g/mol. The van der Waals surface area contributed by atoms with Gasteiger partial charge >= 0.3 is 0 Å². The molecule has 1 heterocycles. The minimum atomic E-state index is 0.440. The smallest absolute Gasteiger partial charge is 0.244 e. The highest BCUT2D eigenvalue weighted by Crippen LogP contribution is 2.27. The van der Waals surface area contributed by atoms with E-state index in [-0.39, 0.29) is 0 Å². The average Bonchev–Trinajstić information content (AvgIpc) is 2.67. The van der Waals surface area contributed by atoms with Crippen LogP contribution in [0.2, 0.25) is 0 Å². The quantitative estimate of drug-likeness (QED) is 0.685. The first kappa shape index (κ1) is 16.5. The van der Waals surface area contributed by atoms with E-state index in [1.165, 1.54) is 0 Å². The molecule has 3 rings (SSSR count). The summed E-state index contributed by atoms with van der Waals surface area (Å²) in [5, 5.41) is 14.3. The molecule has 0 fully saturated rings. The van der Waals surface area contributed by atoms with Crippen LogP contribution in [0.5, 0.6) is 11.5 Å². The van der Waals surface area contributed by atoms with Gasteiger partial charge in [0.15, 0.2) is 17.3 Å². The van der Waals surface area contributed by atoms with E-state index in [9.17, 15) is 0 Å². The van der Waals surface area contributed by atoms with Crippen LogP contribution >= 0.6 is 0 Å². The fourth-order valence-corrected chi connectivity index (χ4v) is 2.28. The number of rotatable bonds is 7. The lowest BCUT2D eigenvalue weighted by molar-refractivity contribution is 0.354. The Hall–Kier alpha value is -3.35. The molecule has 7 heteroatoms. The lowest BCUT2D eigenvalue weighted by Gasteiger charge is -2.10. The summed E-state index contributed by atoms with van der Waals surface area (Å²) in [6, 6.07) is 15.5. The Labute approximate surface area is 146 Å². The van der Waals surface area contributed by atoms with E-state index in [1.54, 1.807) is 20.4 Å². The molecule has 0 saturated heterocycles. The number of aromatic nitrogens is 3. The Morgan fingerprint density at radius 1 is 0.960 bits per heavy atom. The lowest BCUT2D eigenvalue weighted by atomic mass is 10.2. The largest absolute Gasteiger partial charge is 0.493 e. The molecular weight excluding hydrogens is 318 g/mol. The highest BCUT2D eigenvalue weighted by Gasteiger charge is 2.06. The van der Waals surface area contributed by atoms with Crippen molar-refractivity contribution in [2.24, 2.45) is 0 Å². The van der Waals surface area contributed by atoms with E-state index in [0.717, 1.165) is 11.3 Å². The first-order valence-corrected chi connectivity index (χ1v) is 7.75. The Kier molecular flexibility index (Phi) is 5.26. The number of nitrogens with one attached hydrogen (secondary N) is 2. The highest BCUT2D eigenvalue weighted by molar-refractivity contribution is 5.55. The topological polar surface area (TPSA) is 81.2 Å². The van der Waals surface area contributed by atoms with Gasteiger partial charge in [-0.1, -0.05) is 24.3 Å². The third-order valence-corrected chi connectivity index (χ3v) is 3.50. The van der Waals surface area contributed by atoms with Crippen molar-refractivity contribution < 1.29 is 9.47 Å². The van der Waals surface area contributed by atoms with Crippen LogP contribution in [0.25, 0.3) is 0 Å². The van der Waals surface area contributed by atoms with Gasteiger partial charge in [-0.25, -0.2) is 0 Å². The molecule has 0 amide bonds. The summed E-state index contributed by atoms with van der Waals surface area (Å²) < 4.78 is 10.5. The zero-order valence-electron chi connectivity index (χ0n) is 14.1. The molecule has 0 saturated carbocycles. The van der Waals surface area contributed by atoms with Gasteiger partial charge in [-0.3, -0.25) is 0 Å². The number of hydrogen-bond acceptors (Lipinski definition) is 7. The third kappa shape index (κ3) is 4.35. The van der Waals surface area contributed by atoms with Crippen molar-refractivity contribution in [3.05, 3.63) is 60.3 Å². The molecule has 0 spiro atoms. The molecule has 1 aromatic heterocycles. The second kappa shape index (κ2) is 7.96. The normalized spacial score (nSPS) is 10.2. The maximum absolute atomic E-state index is 5.31. The second-order valence-corrected chi connectivity index (χ2v) is 5.20. The van der Waals surface area contributed by atoms with Crippen molar-refractivity contribution in [3.63, 3.8) is 0 Å². The van der Waals surface area contributed by atoms with E-state index in [0.29, 0.717) is 29.8 Å². The molecule has 0 radical (unpaired) electrons. The molecule has 0 aliphatic heterocycles. The molecule has 2 N–H and O–H groups in total. The standard InChI is InChI=1S/C18H19N5O2/c1-24-15-9-8-13(10-16(15)25-2)11-19-18-22-17(12-20-23-18)21-14-6-4-3-5-7-14/h3-10,12H,11H2,1-2H3,(H2,19,21,22,23). The summed E-state index contributed by atoms with van der Waals surface area (Å²) in [5.74, 6) is 2.44. The summed E-state index contributed by atoms with van der Waals surface area (Å²) in [6.07, 6.45) is 1.58. The molecule has 0 bridgehead atoms.